The Morgan fingerprint density at radius 2 is 2.00 bits per heavy atom. The van der Waals surface area contributed by atoms with E-state index < -0.39 is 0 Å². The minimum atomic E-state index is -0.0859. The summed E-state index contributed by atoms with van der Waals surface area (Å²) in [5.41, 5.74) is 0.565. The Labute approximate surface area is 155 Å². The van der Waals surface area contributed by atoms with Gasteiger partial charge in [-0.2, -0.15) is 0 Å². The van der Waals surface area contributed by atoms with Crippen LogP contribution in [-0.4, -0.2) is 48.6 Å². The molecule has 0 radical (unpaired) electrons. The third kappa shape index (κ3) is 5.10. The molecule has 0 aromatic carbocycles. The first-order valence-corrected chi connectivity index (χ1v) is 9.88. The van der Waals surface area contributed by atoms with Crippen molar-refractivity contribution in [1.29, 1.82) is 0 Å². The molecule has 1 unspecified atom stereocenters. The molecule has 1 atom stereocenters. The van der Waals surface area contributed by atoms with Crippen molar-refractivity contribution in [3.05, 3.63) is 23.7 Å². The largest absolute Gasteiger partial charge is 0.469 e. The van der Waals surface area contributed by atoms with Crippen LogP contribution in [0.15, 0.2) is 16.7 Å². The van der Waals surface area contributed by atoms with Gasteiger partial charge in [0, 0.05) is 32.2 Å². The second kappa shape index (κ2) is 9.21. The Kier molecular flexibility index (Phi) is 6.72. The summed E-state index contributed by atoms with van der Waals surface area (Å²) in [4.78, 5) is 27.0. The van der Waals surface area contributed by atoms with E-state index >= 15 is 0 Å². The van der Waals surface area contributed by atoms with Crippen LogP contribution >= 0.6 is 0 Å². The number of ether oxygens (including phenoxy) is 1. The first kappa shape index (κ1) is 19.0. The van der Waals surface area contributed by atoms with Gasteiger partial charge in [-0.05, 0) is 38.7 Å². The Bertz CT molecular complexity index is 601. The average Bonchev–Trinajstić information content (AvgIpc) is 3.30. The van der Waals surface area contributed by atoms with Gasteiger partial charge in [0.15, 0.2) is 0 Å². The lowest BCUT2D eigenvalue weighted by molar-refractivity contribution is -0.122. The van der Waals surface area contributed by atoms with Crippen molar-refractivity contribution in [2.24, 2.45) is 0 Å². The van der Waals surface area contributed by atoms with Crippen molar-refractivity contribution in [2.45, 2.75) is 70.4 Å². The molecule has 0 bridgehead atoms. The summed E-state index contributed by atoms with van der Waals surface area (Å²) in [6.45, 7) is 3.47. The lowest BCUT2D eigenvalue weighted by Crippen LogP contribution is -2.42. The third-order valence-corrected chi connectivity index (χ3v) is 5.40. The molecule has 144 valence electrons. The predicted octanol–water partition coefficient (Wildman–Crippen LogP) is 3.05. The molecule has 1 aliphatic heterocycles. The maximum Gasteiger partial charge on any atom is 0.257 e. The molecule has 1 aliphatic carbocycles. The van der Waals surface area contributed by atoms with Crippen molar-refractivity contribution >= 4 is 11.8 Å². The van der Waals surface area contributed by atoms with Gasteiger partial charge in [-0.3, -0.25) is 9.59 Å². The maximum absolute atomic E-state index is 12.9. The summed E-state index contributed by atoms with van der Waals surface area (Å²) in [7, 11) is 0. The summed E-state index contributed by atoms with van der Waals surface area (Å²) >= 11 is 0. The fourth-order valence-electron chi connectivity index (χ4n) is 3.87. The van der Waals surface area contributed by atoms with Crippen molar-refractivity contribution in [2.75, 3.05) is 19.7 Å². The zero-order chi connectivity index (χ0) is 18.4. The topological polar surface area (TPSA) is 71.8 Å². The number of aryl methyl sites for hydroxylation is 1. The van der Waals surface area contributed by atoms with E-state index in [4.69, 9.17) is 9.15 Å². The van der Waals surface area contributed by atoms with Gasteiger partial charge in [0.1, 0.15) is 5.76 Å². The number of nitrogens with zero attached hydrogens (tertiary/aromatic N) is 1. The van der Waals surface area contributed by atoms with Crippen molar-refractivity contribution in [1.82, 2.24) is 10.2 Å². The quantitative estimate of drug-likeness (QED) is 0.809. The molecule has 1 aromatic rings. The third-order valence-electron chi connectivity index (χ3n) is 5.40. The first-order chi connectivity index (χ1) is 12.6. The number of hydrogen-bond donors (Lipinski definition) is 1. The maximum atomic E-state index is 12.9. The van der Waals surface area contributed by atoms with E-state index in [0.717, 1.165) is 32.3 Å². The molecule has 2 fully saturated rings. The molecule has 6 heteroatoms. The van der Waals surface area contributed by atoms with Crippen LogP contribution in [-0.2, 0) is 9.53 Å². The number of carbonyl (C=O) groups is 2. The predicted molar refractivity (Wildman–Crippen MR) is 98.0 cm³/mol. The number of rotatable bonds is 7. The highest BCUT2D eigenvalue weighted by Crippen LogP contribution is 2.19. The molecule has 1 saturated heterocycles. The molecule has 2 heterocycles. The van der Waals surface area contributed by atoms with Gasteiger partial charge >= 0.3 is 0 Å². The molecule has 26 heavy (non-hydrogen) atoms. The molecular formula is C20H30N2O4. The monoisotopic (exact) mass is 362 g/mol. The second-order valence-electron chi connectivity index (χ2n) is 7.43. The smallest absolute Gasteiger partial charge is 0.257 e. The van der Waals surface area contributed by atoms with Crippen LogP contribution in [0.4, 0.5) is 0 Å². The van der Waals surface area contributed by atoms with Gasteiger partial charge in [0.05, 0.1) is 17.9 Å². The first-order valence-electron chi connectivity index (χ1n) is 9.88. The van der Waals surface area contributed by atoms with E-state index in [-0.39, 0.29) is 17.9 Å². The Balaban J connectivity index is 1.56. The summed E-state index contributed by atoms with van der Waals surface area (Å²) in [6, 6.07) is 2.00. The molecule has 3 rings (SSSR count). The van der Waals surface area contributed by atoms with E-state index in [2.05, 4.69) is 5.32 Å². The number of carbonyl (C=O) groups excluding carboxylic acids is 2. The van der Waals surface area contributed by atoms with E-state index in [1.165, 1.54) is 25.5 Å². The minimum absolute atomic E-state index is 0.0333. The highest BCUT2D eigenvalue weighted by Gasteiger charge is 2.26. The highest BCUT2D eigenvalue weighted by atomic mass is 16.5. The van der Waals surface area contributed by atoms with Crippen LogP contribution in [0.5, 0.6) is 0 Å². The normalized spacial score (nSPS) is 20.9. The number of hydrogen-bond acceptors (Lipinski definition) is 4. The van der Waals surface area contributed by atoms with Crippen molar-refractivity contribution < 1.29 is 18.7 Å². The van der Waals surface area contributed by atoms with Gasteiger partial charge in [-0.15, -0.1) is 0 Å². The molecule has 6 nitrogen and oxygen atoms in total. The second-order valence-corrected chi connectivity index (χ2v) is 7.43. The zero-order valence-corrected chi connectivity index (χ0v) is 15.7. The average molecular weight is 362 g/mol. The summed E-state index contributed by atoms with van der Waals surface area (Å²) in [6.07, 6.45) is 9.68. The van der Waals surface area contributed by atoms with Crippen molar-refractivity contribution in [3.63, 3.8) is 0 Å². The van der Waals surface area contributed by atoms with Crippen LogP contribution in [0.2, 0.25) is 0 Å². The fraction of sp³-hybridized carbons (Fsp3) is 0.700. The van der Waals surface area contributed by atoms with E-state index in [0.29, 0.717) is 36.9 Å². The summed E-state index contributed by atoms with van der Waals surface area (Å²) in [5.74, 6) is 0.558. The Morgan fingerprint density at radius 1 is 1.19 bits per heavy atom. The molecule has 2 aliphatic rings. The molecular weight excluding hydrogens is 332 g/mol. The van der Waals surface area contributed by atoms with E-state index in [9.17, 15) is 9.59 Å². The SMILES string of the molecule is Cc1occc1C(=O)N(CCC(=O)NC1CCCCC1)CC1CCCO1. The van der Waals surface area contributed by atoms with Gasteiger partial charge in [-0.1, -0.05) is 19.3 Å². The molecule has 2 amide bonds. The van der Waals surface area contributed by atoms with Crippen LogP contribution < -0.4 is 5.32 Å². The van der Waals surface area contributed by atoms with Crippen LogP contribution in [0.25, 0.3) is 0 Å². The highest BCUT2D eigenvalue weighted by molar-refractivity contribution is 5.95. The number of amides is 2. The zero-order valence-electron chi connectivity index (χ0n) is 15.7. The van der Waals surface area contributed by atoms with Gasteiger partial charge in [0.25, 0.3) is 5.91 Å². The lowest BCUT2D eigenvalue weighted by Gasteiger charge is -2.26. The summed E-state index contributed by atoms with van der Waals surface area (Å²) in [5, 5.41) is 3.13. The standard InChI is InChI=1S/C20H30N2O4/c1-15-18(10-13-25-15)20(24)22(14-17-8-5-12-26-17)11-9-19(23)21-16-6-3-2-4-7-16/h10,13,16-17H,2-9,11-12,14H2,1H3,(H,21,23). The Morgan fingerprint density at radius 3 is 2.65 bits per heavy atom. The lowest BCUT2D eigenvalue weighted by atomic mass is 9.95. The fourth-order valence-corrected chi connectivity index (χ4v) is 3.87. The molecule has 1 N–H and O–H groups in total. The van der Waals surface area contributed by atoms with E-state index in [1.54, 1.807) is 17.9 Å². The van der Waals surface area contributed by atoms with Crippen LogP contribution in [0.1, 0.15) is 67.5 Å². The minimum Gasteiger partial charge on any atom is -0.469 e. The van der Waals surface area contributed by atoms with Crippen LogP contribution in [0, 0.1) is 6.92 Å². The molecule has 1 aromatic heterocycles. The van der Waals surface area contributed by atoms with Gasteiger partial charge in [-0.25, -0.2) is 0 Å². The van der Waals surface area contributed by atoms with Gasteiger partial charge in [0.2, 0.25) is 5.91 Å². The van der Waals surface area contributed by atoms with Gasteiger partial charge < -0.3 is 19.4 Å². The Hall–Kier alpha value is -1.82. The number of furan rings is 1. The molecule has 1 saturated carbocycles. The van der Waals surface area contributed by atoms with Crippen molar-refractivity contribution in [3.8, 4) is 0 Å². The number of nitrogens with one attached hydrogen (secondary N) is 1. The molecule has 0 spiro atoms. The van der Waals surface area contributed by atoms with Crippen LogP contribution in [0.3, 0.4) is 0 Å². The van der Waals surface area contributed by atoms with E-state index in [1.807, 2.05) is 0 Å². The summed E-state index contributed by atoms with van der Waals surface area (Å²) < 4.78 is 11.0.